The topological polar surface area (TPSA) is 43.1 Å². The van der Waals surface area contributed by atoms with Gasteiger partial charge in [0.1, 0.15) is 6.54 Å². The zero-order chi connectivity index (χ0) is 17.6. The minimum absolute atomic E-state index is 0.304. The highest BCUT2D eigenvalue weighted by molar-refractivity contribution is 5.91. The SMILES string of the molecule is C[C@@H]1C/C(=N/OC(=O)c2ccccc2)[C@@H](C)C[NH+]1Cc1ccccc1. The number of carbonyl (C=O) groups is 1. The fourth-order valence-corrected chi connectivity index (χ4v) is 3.33. The van der Waals surface area contributed by atoms with Crippen LogP contribution in [0.2, 0.25) is 0 Å². The summed E-state index contributed by atoms with van der Waals surface area (Å²) < 4.78 is 0. The smallest absolute Gasteiger partial charge is 0.328 e. The van der Waals surface area contributed by atoms with E-state index in [0.29, 0.717) is 17.5 Å². The number of nitrogens with one attached hydrogen (secondary N) is 1. The Morgan fingerprint density at radius 1 is 1.08 bits per heavy atom. The van der Waals surface area contributed by atoms with Gasteiger partial charge in [-0.1, -0.05) is 60.6 Å². The van der Waals surface area contributed by atoms with Crippen molar-refractivity contribution in [1.29, 1.82) is 0 Å². The fraction of sp³-hybridized carbons (Fsp3) is 0.333. The number of rotatable bonds is 4. The van der Waals surface area contributed by atoms with E-state index in [1.807, 2.05) is 24.3 Å². The molecule has 0 aromatic heterocycles. The van der Waals surface area contributed by atoms with Gasteiger partial charge >= 0.3 is 5.97 Å². The minimum atomic E-state index is -0.396. The highest BCUT2D eigenvalue weighted by atomic mass is 16.7. The molecule has 0 aliphatic carbocycles. The summed E-state index contributed by atoms with van der Waals surface area (Å²) in [6, 6.07) is 20.0. The minimum Gasteiger partial charge on any atom is -0.328 e. The monoisotopic (exact) mass is 337 g/mol. The van der Waals surface area contributed by atoms with Crippen molar-refractivity contribution in [2.75, 3.05) is 6.54 Å². The largest absolute Gasteiger partial charge is 0.365 e. The first-order valence-electron chi connectivity index (χ1n) is 8.85. The van der Waals surface area contributed by atoms with Crippen LogP contribution in [0.5, 0.6) is 0 Å². The number of hydrogen-bond donors (Lipinski definition) is 1. The molecular formula is C21H25N2O2+. The van der Waals surface area contributed by atoms with Crippen LogP contribution in [-0.2, 0) is 11.4 Å². The van der Waals surface area contributed by atoms with E-state index < -0.39 is 5.97 Å². The first-order chi connectivity index (χ1) is 12.1. The Hall–Kier alpha value is -2.46. The molecule has 3 rings (SSSR count). The molecule has 1 saturated heterocycles. The second-order valence-electron chi connectivity index (χ2n) is 6.86. The lowest BCUT2D eigenvalue weighted by atomic mass is 9.92. The van der Waals surface area contributed by atoms with E-state index in [2.05, 4.69) is 43.3 Å². The summed E-state index contributed by atoms with van der Waals surface area (Å²) in [7, 11) is 0. The van der Waals surface area contributed by atoms with Crippen LogP contribution >= 0.6 is 0 Å². The third-order valence-electron chi connectivity index (χ3n) is 4.88. The summed E-state index contributed by atoms with van der Waals surface area (Å²) >= 11 is 0. The summed E-state index contributed by atoms with van der Waals surface area (Å²) in [6.45, 7) is 6.41. The Kier molecular flexibility index (Phi) is 5.61. The van der Waals surface area contributed by atoms with Crippen LogP contribution in [0.1, 0.15) is 36.2 Å². The maximum atomic E-state index is 12.0. The zero-order valence-electron chi connectivity index (χ0n) is 14.8. The summed E-state index contributed by atoms with van der Waals surface area (Å²) in [5.74, 6) is -0.0921. The van der Waals surface area contributed by atoms with Crippen LogP contribution in [0.25, 0.3) is 0 Å². The summed E-state index contributed by atoms with van der Waals surface area (Å²) in [5.41, 5.74) is 2.86. The number of oxime groups is 1. The van der Waals surface area contributed by atoms with E-state index >= 15 is 0 Å². The van der Waals surface area contributed by atoms with Crippen molar-refractivity contribution in [2.45, 2.75) is 32.9 Å². The Bertz CT molecular complexity index is 728. The predicted molar refractivity (Wildman–Crippen MR) is 98.5 cm³/mol. The van der Waals surface area contributed by atoms with Crippen molar-refractivity contribution in [3.05, 3.63) is 71.8 Å². The van der Waals surface area contributed by atoms with E-state index in [-0.39, 0.29) is 0 Å². The van der Waals surface area contributed by atoms with Gasteiger partial charge in [0.25, 0.3) is 0 Å². The maximum absolute atomic E-state index is 12.0. The Morgan fingerprint density at radius 3 is 2.40 bits per heavy atom. The Labute approximate surface area is 149 Å². The number of nitrogens with zero attached hydrogens (tertiary/aromatic N) is 1. The average molecular weight is 337 g/mol. The van der Waals surface area contributed by atoms with Gasteiger partial charge < -0.3 is 9.74 Å². The van der Waals surface area contributed by atoms with Gasteiger partial charge in [0, 0.05) is 17.9 Å². The van der Waals surface area contributed by atoms with Gasteiger partial charge in [-0.3, -0.25) is 0 Å². The molecule has 1 aliphatic heterocycles. The molecule has 1 heterocycles. The first kappa shape index (κ1) is 17.4. The lowest BCUT2D eigenvalue weighted by molar-refractivity contribution is -0.940. The average Bonchev–Trinajstić information content (AvgIpc) is 2.64. The van der Waals surface area contributed by atoms with Gasteiger partial charge in [-0.2, -0.15) is 0 Å². The molecule has 130 valence electrons. The van der Waals surface area contributed by atoms with Crippen LogP contribution in [-0.4, -0.2) is 24.3 Å². The third-order valence-corrected chi connectivity index (χ3v) is 4.88. The molecule has 1 unspecified atom stereocenters. The van der Waals surface area contributed by atoms with E-state index in [4.69, 9.17) is 4.84 Å². The van der Waals surface area contributed by atoms with E-state index in [9.17, 15) is 4.79 Å². The van der Waals surface area contributed by atoms with E-state index in [1.54, 1.807) is 17.0 Å². The Balaban J connectivity index is 1.61. The van der Waals surface area contributed by atoms with Gasteiger partial charge in [0.2, 0.25) is 0 Å². The highest BCUT2D eigenvalue weighted by Gasteiger charge is 2.32. The molecule has 2 aromatic rings. The van der Waals surface area contributed by atoms with Crippen LogP contribution in [0, 0.1) is 5.92 Å². The van der Waals surface area contributed by atoms with Gasteiger partial charge in [-0.05, 0) is 19.1 Å². The molecule has 1 aliphatic rings. The number of piperidine rings is 1. The summed E-state index contributed by atoms with van der Waals surface area (Å²) in [5, 5.41) is 4.19. The molecule has 2 aromatic carbocycles. The molecule has 0 saturated carbocycles. The second-order valence-corrected chi connectivity index (χ2v) is 6.86. The number of quaternary nitrogens is 1. The number of carbonyl (C=O) groups excluding carboxylic acids is 1. The van der Waals surface area contributed by atoms with Crippen LogP contribution in [0.3, 0.4) is 0 Å². The van der Waals surface area contributed by atoms with Crippen LogP contribution in [0.4, 0.5) is 0 Å². The normalized spacial score (nSPS) is 24.9. The quantitative estimate of drug-likeness (QED) is 0.689. The van der Waals surface area contributed by atoms with Crippen molar-refractivity contribution in [1.82, 2.24) is 0 Å². The standard InChI is InChI=1S/C21H24N2O2/c1-16-14-23(15-18-9-5-3-6-10-18)17(2)13-20(16)22-25-21(24)19-11-7-4-8-12-19/h3-12,16-17H,13-15H2,1-2H3/p+1/b22-20-/t16-,17+/m0/s1. The Morgan fingerprint density at radius 2 is 1.72 bits per heavy atom. The zero-order valence-corrected chi connectivity index (χ0v) is 14.8. The van der Waals surface area contributed by atoms with Gasteiger partial charge in [-0.15, -0.1) is 0 Å². The molecule has 0 bridgehead atoms. The third kappa shape index (κ3) is 4.54. The van der Waals surface area contributed by atoms with E-state index in [0.717, 1.165) is 25.2 Å². The number of likely N-dealkylation sites (tertiary alicyclic amines) is 1. The second kappa shape index (κ2) is 8.08. The molecule has 25 heavy (non-hydrogen) atoms. The maximum Gasteiger partial charge on any atom is 0.365 e. The number of hydrogen-bond acceptors (Lipinski definition) is 3. The van der Waals surface area contributed by atoms with Gasteiger partial charge in [0.15, 0.2) is 0 Å². The van der Waals surface area contributed by atoms with Crippen molar-refractivity contribution in [3.63, 3.8) is 0 Å². The van der Waals surface area contributed by atoms with Crippen LogP contribution in [0.15, 0.2) is 65.8 Å². The molecular weight excluding hydrogens is 312 g/mol. The first-order valence-corrected chi connectivity index (χ1v) is 8.85. The van der Waals surface area contributed by atoms with Crippen molar-refractivity contribution in [2.24, 2.45) is 11.1 Å². The lowest BCUT2D eigenvalue weighted by Gasteiger charge is -2.34. The van der Waals surface area contributed by atoms with Crippen molar-refractivity contribution >= 4 is 11.7 Å². The van der Waals surface area contributed by atoms with Gasteiger partial charge in [-0.25, -0.2) is 4.79 Å². The molecule has 1 N–H and O–H groups in total. The molecule has 4 heteroatoms. The molecule has 0 radical (unpaired) electrons. The van der Waals surface area contributed by atoms with Gasteiger partial charge in [0.05, 0.1) is 23.9 Å². The summed E-state index contributed by atoms with van der Waals surface area (Å²) in [6.07, 6.45) is 0.853. The number of benzene rings is 2. The molecule has 4 nitrogen and oxygen atoms in total. The lowest BCUT2D eigenvalue weighted by Crippen LogP contribution is -3.16. The van der Waals surface area contributed by atoms with Crippen molar-refractivity contribution in [3.8, 4) is 0 Å². The molecule has 0 spiro atoms. The van der Waals surface area contributed by atoms with Crippen molar-refractivity contribution < 1.29 is 14.5 Å². The molecule has 3 atom stereocenters. The highest BCUT2D eigenvalue weighted by Crippen LogP contribution is 2.11. The van der Waals surface area contributed by atoms with E-state index in [1.165, 1.54) is 5.56 Å². The predicted octanol–water partition coefficient (Wildman–Crippen LogP) is 2.71. The van der Waals surface area contributed by atoms with Crippen LogP contribution < -0.4 is 4.90 Å². The molecule has 0 amide bonds. The molecule has 1 fully saturated rings. The summed E-state index contributed by atoms with van der Waals surface area (Å²) in [4.78, 5) is 18.8. The fourth-order valence-electron chi connectivity index (χ4n) is 3.33.